The molecule has 0 spiro atoms. The summed E-state index contributed by atoms with van der Waals surface area (Å²) in [6.07, 6.45) is 55.5. The molecule has 0 atom stereocenters. The SMILES string of the molecule is CCCCCCCCCCCCCCN(CCCCCCOCCCCCCC)CC(=O)N1CCN(C(=O)CN(CCCCCCCCC)CCN(CCCCCCCCC)CCCCCCCCC)CC1. The van der Waals surface area contributed by atoms with Gasteiger partial charge < -0.3 is 19.4 Å². The molecule has 1 aliphatic rings. The molecule has 1 heterocycles. The molecule has 0 bridgehead atoms. The lowest BCUT2D eigenvalue weighted by Crippen LogP contribution is -2.54. The van der Waals surface area contributed by atoms with E-state index in [9.17, 15) is 9.59 Å². The van der Waals surface area contributed by atoms with E-state index in [0.29, 0.717) is 39.3 Å². The van der Waals surface area contributed by atoms with Gasteiger partial charge in [-0.3, -0.25) is 19.4 Å². The number of amides is 2. The van der Waals surface area contributed by atoms with Crippen molar-refractivity contribution in [3.05, 3.63) is 0 Å². The molecule has 428 valence electrons. The zero-order valence-electron chi connectivity index (χ0n) is 49.8. The number of ether oxygens (including phenoxy) is 1. The van der Waals surface area contributed by atoms with E-state index >= 15 is 0 Å². The number of carbonyl (C=O) groups is 2. The predicted octanol–water partition coefficient (Wildman–Crippen LogP) is 17.1. The van der Waals surface area contributed by atoms with Crippen LogP contribution in [-0.4, -0.2) is 135 Å². The molecule has 0 unspecified atom stereocenters. The van der Waals surface area contributed by atoms with E-state index in [4.69, 9.17) is 4.74 Å². The van der Waals surface area contributed by atoms with Crippen molar-refractivity contribution >= 4 is 11.8 Å². The second-order valence-electron chi connectivity index (χ2n) is 22.8. The van der Waals surface area contributed by atoms with Crippen LogP contribution in [0.3, 0.4) is 0 Å². The highest BCUT2D eigenvalue weighted by atomic mass is 16.5. The van der Waals surface area contributed by atoms with Gasteiger partial charge in [-0.15, -0.1) is 0 Å². The molecule has 0 aromatic rings. The van der Waals surface area contributed by atoms with Gasteiger partial charge in [0.15, 0.2) is 0 Å². The summed E-state index contributed by atoms with van der Waals surface area (Å²) in [7, 11) is 0. The van der Waals surface area contributed by atoms with Crippen LogP contribution < -0.4 is 0 Å². The first-order valence-corrected chi connectivity index (χ1v) is 32.8. The molecule has 72 heavy (non-hydrogen) atoms. The van der Waals surface area contributed by atoms with Crippen molar-refractivity contribution in [1.29, 1.82) is 0 Å². The molecule has 0 aromatic heterocycles. The van der Waals surface area contributed by atoms with Crippen molar-refractivity contribution in [1.82, 2.24) is 24.5 Å². The number of unbranched alkanes of at least 4 members (excludes halogenated alkanes) is 36. The Morgan fingerprint density at radius 2 is 0.486 bits per heavy atom. The van der Waals surface area contributed by atoms with Crippen LogP contribution in [-0.2, 0) is 14.3 Å². The standard InChI is InChI=1S/C64H129N5O3/c1-6-11-16-21-25-26-27-28-29-33-37-43-50-66(51-45-38-40-47-60-72-59-46-39-20-15-10-5)61-63(70)68-55-57-69(58-56-68)64(71)62-67(52-44-36-32-24-19-14-9-4)54-53-65(48-41-34-30-22-17-12-7-2)49-42-35-31-23-18-13-8-3/h6-62H2,1-5H3. The normalized spacial score (nSPS) is 13.2. The fourth-order valence-corrected chi connectivity index (χ4v) is 10.8. The van der Waals surface area contributed by atoms with Crippen LogP contribution in [0.4, 0.5) is 0 Å². The summed E-state index contributed by atoms with van der Waals surface area (Å²) in [5.74, 6) is 0.526. The Hall–Kier alpha value is -1.22. The molecule has 8 nitrogen and oxygen atoms in total. The summed E-state index contributed by atoms with van der Waals surface area (Å²) in [6, 6.07) is 0. The average molecular weight is 1020 g/mol. The van der Waals surface area contributed by atoms with Crippen LogP contribution in [0, 0.1) is 0 Å². The van der Waals surface area contributed by atoms with Gasteiger partial charge in [0.1, 0.15) is 0 Å². The van der Waals surface area contributed by atoms with E-state index in [1.165, 1.54) is 270 Å². The Kier molecular flexibility index (Phi) is 52.1. The van der Waals surface area contributed by atoms with Gasteiger partial charge in [0.05, 0.1) is 13.1 Å². The van der Waals surface area contributed by atoms with Gasteiger partial charge in [0.25, 0.3) is 0 Å². The van der Waals surface area contributed by atoms with Gasteiger partial charge in [-0.2, -0.15) is 0 Å². The van der Waals surface area contributed by atoms with Crippen molar-refractivity contribution in [3.8, 4) is 0 Å². The Labute approximate surface area is 451 Å². The van der Waals surface area contributed by atoms with Crippen LogP contribution in [0.15, 0.2) is 0 Å². The molecule has 0 radical (unpaired) electrons. The number of carbonyl (C=O) groups excluding carboxylic acids is 2. The highest BCUT2D eigenvalue weighted by Crippen LogP contribution is 2.16. The summed E-state index contributed by atoms with van der Waals surface area (Å²) >= 11 is 0. The average Bonchev–Trinajstić information content (AvgIpc) is 3.39. The number of hydrogen-bond acceptors (Lipinski definition) is 6. The summed E-state index contributed by atoms with van der Waals surface area (Å²) in [5, 5.41) is 0. The van der Waals surface area contributed by atoms with E-state index in [1.807, 2.05) is 0 Å². The monoisotopic (exact) mass is 1020 g/mol. The van der Waals surface area contributed by atoms with Crippen LogP contribution in [0.2, 0.25) is 0 Å². The van der Waals surface area contributed by atoms with E-state index in [0.717, 1.165) is 58.8 Å². The summed E-state index contributed by atoms with van der Waals surface area (Å²) in [4.78, 5) is 39.9. The topological polar surface area (TPSA) is 59.6 Å². The molecule has 0 aromatic carbocycles. The Morgan fingerprint density at radius 3 is 0.764 bits per heavy atom. The Morgan fingerprint density at radius 1 is 0.278 bits per heavy atom. The van der Waals surface area contributed by atoms with Crippen molar-refractivity contribution < 1.29 is 14.3 Å². The molecule has 1 rings (SSSR count). The first-order valence-electron chi connectivity index (χ1n) is 32.8. The molecule has 1 saturated heterocycles. The number of rotatable bonds is 57. The molecular weight excluding hydrogens is 887 g/mol. The van der Waals surface area contributed by atoms with Gasteiger partial charge >= 0.3 is 0 Å². The van der Waals surface area contributed by atoms with E-state index < -0.39 is 0 Å². The third-order valence-electron chi connectivity index (χ3n) is 15.9. The maximum absolute atomic E-state index is 14.1. The minimum Gasteiger partial charge on any atom is -0.381 e. The lowest BCUT2D eigenvalue weighted by molar-refractivity contribution is -0.140. The minimum absolute atomic E-state index is 0.260. The van der Waals surface area contributed by atoms with Crippen LogP contribution in [0.1, 0.15) is 304 Å². The molecular formula is C64H129N5O3. The first kappa shape index (κ1) is 68.8. The molecule has 0 saturated carbocycles. The van der Waals surface area contributed by atoms with Crippen LogP contribution in [0.5, 0.6) is 0 Å². The van der Waals surface area contributed by atoms with Gasteiger partial charge in [-0.1, -0.05) is 259 Å². The van der Waals surface area contributed by atoms with E-state index in [2.05, 4.69) is 59.1 Å². The summed E-state index contributed by atoms with van der Waals surface area (Å²) < 4.78 is 5.94. The van der Waals surface area contributed by atoms with Crippen molar-refractivity contribution in [2.45, 2.75) is 304 Å². The van der Waals surface area contributed by atoms with Crippen molar-refractivity contribution in [2.75, 3.05) is 98.3 Å². The fraction of sp³-hybridized carbons (Fsp3) is 0.969. The molecule has 1 aliphatic heterocycles. The molecule has 1 fully saturated rings. The summed E-state index contributed by atoms with van der Waals surface area (Å²) in [6.45, 7) is 24.5. The number of piperazine rings is 1. The maximum atomic E-state index is 14.1. The largest absolute Gasteiger partial charge is 0.381 e. The van der Waals surface area contributed by atoms with Crippen molar-refractivity contribution in [2.24, 2.45) is 0 Å². The fourth-order valence-electron chi connectivity index (χ4n) is 10.8. The van der Waals surface area contributed by atoms with Gasteiger partial charge in [-0.05, 0) is 77.7 Å². The smallest absolute Gasteiger partial charge is 0.236 e. The second kappa shape index (κ2) is 54.6. The quantitative estimate of drug-likeness (QED) is 0.0566. The predicted molar refractivity (Wildman–Crippen MR) is 316 cm³/mol. The number of nitrogens with zero attached hydrogens (tertiary/aromatic N) is 5. The minimum atomic E-state index is 0.260. The first-order chi connectivity index (χ1) is 35.5. The number of hydrogen-bond donors (Lipinski definition) is 0. The van der Waals surface area contributed by atoms with Crippen LogP contribution in [0.25, 0.3) is 0 Å². The highest BCUT2D eigenvalue weighted by molar-refractivity contribution is 5.80. The highest BCUT2D eigenvalue weighted by Gasteiger charge is 2.26. The Balaban J connectivity index is 2.75. The zero-order valence-corrected chi connectivity index (χ0v) is 49.8. The lowest BCUT2D eigenvalue weighted by atomic mass is 10.1. The van der Waals surface area contributed by atoms with Gasteiger partial charge in [-0.25, -0.2) is 0 Å². The molecule has 0 aliphatic carbocycles. The molecule has 8 heteroatoms. The lowest BCUT2D eigenvalue weighted by Gasteiger charge is -2.37. The molecule has 2 amide bonds. The second-order valence-corrected chi connectivity index (χ2v) is 22.8. The third kappa shape index (κ3) is 44.0. The Bertz CT molecular complexity index is 1070. The third-order valence-corrected chi connectivity index (χ3v) is 15.9. The maximum Gasteiger partial charge on any atom is 0.236 e. The van der Waals surface area contributed by atoms with E-state index in [1.54, 1.807) is 0 Å². The summed E-state index contributed by atoms with van der Waals surface area (Å²) in [5.41, 5.74) is 0. The van der Waals surface area contributed by atoms with Crippen LogP contribution >= 0.6 is 0 Å². The molecule has 0 N–H and O–H groups in total. The van der Waals surface area contributed by atoms with Crippen molar-refractivity contribution in [3.63, 3.8) is 0 Å². The van der Waals surface area contributed by atoms with Gasteiger partial charge in [0.2, 0.25) is 11.8 Å². The van der Waals surface area contributed by atoms with E-state index in [-0.39, 0.29) is 11.8 Å². The zero-order chi connectivity index (χ0) is 52.1. The van der Waals surface area contributed by atoms with Gasteiger partial charge in [0, 0.05) is 52.5 Å².